The lowest BCUT2D eigenvalue weighted by molar-refractivity contribution is 0.229. The molecule has 0 amide bonds. The van der Waals surface area contributed by atoms with Crippen LogP contribution in [-0.4, -0.2) is 31.1 Å². The third-order valence-corrected chi connectivity index (χ3v) is 3.76. The molecule has 1 aliphatic heterocycles. The van der Waals surface area contributed by atoms with E-state index in [1.165, 1.54) is 12.1 Å². The van der Waals surface area contributed by atoms with E-state index in [1.54, 1.807) is 12.1 Å². The summed E-state index contributed by atoms with van der Waals surface area (Å²) in [5.41, 5.74) is 0. The zero-order valence-electron chi connectivity index (χ0n) is 7.38. The first kappa shape index (κ1) is 9.33. The number of aromatic hydroxyl groups is 1. The minimum absolute atomic E-state index is 0.0721. The van der Waals surface area contributed by atoms with Crippen LogP contribution in [0.4, 0.5) is 0 Å². The molecule has 1 aromatic carbocycles. The Kier molecular flexibility index (Phi) is 2.11. The van der Waals surface area contributed by atoms with E-state index in [9.17, 15) is 8.42 Å². The van der Waals surface area contributed by atoms with Crippen molar-refractivity contribution in [2.75, 3.05) is 11.5 Å². The molecule has 1 aromatic rings. The number of phenols is 1. The van der Waals surface area contributed by atoms with Crippen LogP contribution in [0.1, 0.15) is 0 Å². The number of benzene rings is 1. The van der Waals surface area contributed by atoms with Crippen molar-refractivity contribution >= 4 is 9.84 Å². The highest BCUT2D eigenvalue weighted by molar-refractivity contribution is 7.92. The molecule has 2 rings (SSSR count). The SMILES string of the molecule is O=S1(=O)CC(Oc2cccc(O)c2)C1. The second kappa shape index (κ2) is 3.16. The molecular weight excluding hydrogens is 204 g/mol. The van der Waals surface area contributed by atoms with Gasteiger partial charge in [0.15, 0.2) is 9.84 Å². The van der Waals surface area contributed by atoms with Crippen LogP contribution in [0.15, 0.2) is 24.3 Å². The molecule has 0 aliphatic carbocycles. The lowest BCUT2D eigenvalue weighted by Crippen LogP contribution is -2.45. The molecule has 0 aromatic heterocycles. The minimum Gasteiger partial charge on any atom is -0.508 e. The Hall–Kier alpha value is -1.23. The maximum atomic E-state index is 10.8. The smallest absolute Gasteiger partial charge is 0.157 e. The van der Waals surface area contributed by atoms with Crippen molar-refractivity contribution in [1.29, 1.82) is 0 Å². The summed E-state index contributed by atoms with van der Waals surface area (Å²) in [7, 11) is -2.85. The summed E-state index contributed by atoms with van der Waals surface area (Å²) in [6.45, 7) is 0. The lowest BCUT2D eigenvalue weighted by atomic mass is 10.3. The number of ether oxygens (including phenoxy) is 1. The predicted octanol–water partition coefficient (Wildman–Crippen LogP) is 0.568. The standard InChI is InChI=1S/C9H10O4S/c10-7-2-1-3-8(4-7)13-9-5-14(11,12)6-9/h1-4,9-10H,5-6H2. The normalized spacial score (nSPS) is 20.0. The quantitative estimate of drug-likeness (QED) is 0.781. The molecule has 0 radical (unpaired) electrons. The summed E-state index contributed by atoms with van der Waals surface area (Å²) >= 11 is 0. The van der Waals surface area contributed by atoms with Crippen LogP contribution >= 0.6 is 0 Å². The Morgan fingerprint density at radius 1 is 1.36 bits per heavy atom. The molecule has 0 bridgehead atoms. The Morgan fingerprint density at radius 2 is 2.07 bits per heavy atom. The molecule has 0 saturated carbocycles. The van der Waals surface area contributed by atoms with Crippen molar-refractivity contribution in [3.8, 4) is 11.5 Å². The summed E-state index contributed by atoms with van der Waals surface area (Å²) in [5, 5.41) is 9.12. The topological polar surface area (TPSA) is 63.6 Å². The summed E-state index contributed by atoms with van der Waals surface area (Å²) in [5.74, 6) is 0.764. The molecule has 76 valence electrons. The average Bonchev–Trinajstić information content (AvgIpc) is 2.00. The molecule has 0 unspecified atom stereocenters. The van der Waals surface area contributed by atoms with Gasteiger partial charge in [0.2, 0.25) is 0 Å². The maximum Gasteiger partial charge on any atom is 0.157 e. The highest BCUT2D eigenvalue weighted by Crippen LogP contribution is 2.22. The summed E-state index contributed by atoms with van der Waals surface area (Å²) < 4.78 is 27.0. The predicted molar refractivity (Wildman–Crippen MR) is 51.2 cm³/mol. The number of phenolic OH excluding ortho intramolecular Hbond substituents is 1. The summed E-state index contributed by atoms with van der Waals surface area (Å²) in [4.78, 5) is 0. The number of rotatable bonds is 2. The molecule has 1 aliphatic rings. The Bertz CT molecular complexity index is 426. The first-order valence-electron chi connectivity index (χ1n) is 4.21. The summed E-state index contributed by atoms with van der Waals surface area (Å²) in [6.07, 6.45) is -0.262. The zero-order valence-corrected chi connectivity index (χ0v) is 8.20. The van der Waals surface area contributed by atoms with Crippen molar-refractivity contribution < 1.29 is 18.3 Å². The van der Waals surface area contributed by atoms with E-state index in [1.807, 2.05) is 0 Å². The van der Waals surface area contributed by atoms with Gasteiger partial charge in [-0.2, -0.15) is 0 Å². The van der Waals surface area contributed by atoms with Crippen LogP contribution in [-0.2, 0) is 9.84 Å². The number of hydrogen-bond acceptors (Lipinski definition) is 4. The second-order valence-electron chi connectivity index (χ2n) is 3.31. The van der Waals surface area contributed by atoms with Crippen molar-refractivity contribution in [3.05, 3.63) is 24.3 Å². The molecule has 1 heterocycles. The van der Waals surface area contributed by atoms with Crippen molar-refractivity contribution in [2.24, 2.45) is 0 Å². The van der Waals surface area contributed by atoms with Crippen molar-refractivity contribution in [1.82, 2.24) is 0 Å². The highest BCUT2D eigenvalue weighted by Gasteiger charge is 2.35. The van der Waals surface area contributed by atoms with Gasteiger partial charge in [-0.3, -0.25) is 0 Å². The molecular formula is C9H10O4S. The van der Waals surface area contributed by atoms with Gasteiger partial charge in [-0.25, -0.2) is 8.42 Å². The number of hydrogen-bond donors (Lipinski definition) is 1. The van der Waals surface area contributed by atoms with Gasteiger partial charge in [-0.15, -0.1) is 0 Å². The van der Waals surface area contributed by atoms with Gasteiger partial charge in [0.05, 0.1) is 11.5 Å². The first-order valence-corrected chi connectivity index (χ1v) is 6.03. The second-order valence-corrected chi connectivity index (χ2v) is 5.47. The third kappa shape index (κ3) is 1.98. The largest absolute Gasteiger partial charge is 0.508 e. The molecule has 4 nitrogen and oxygen atoms in total. The van der Waals surface area contributed by atoms with Gasteiger partial charge in [0.1, 0.15) is 17.6 Å². The monoisotopic (exact) mass is 214 g/mol. The third-order valence-electron chi connectivity index (χ3n) is 2.00. The number of sulfone groups is 1. The fraction of sp³-hybridized carbons (Fsp3) is 0.333. The van der Waals surface area contributed by atoms with Gasteiger partial charge in [-0.1, -0.05) is 6.07 Å². The fourth-order valence-electron chi connectivity index (χ4n) is 1.33. The Labute approximate surface area is 82.1 Å². The van der Waals surface area contributed by atoms with E-state index in [-0.39, 0.29) is 23.4 Å². The molecule has 5 heteroatoms. The molecule has 14 heavy (non-hydrogen) atoms. The first-order chi connectivity index (χ1) is 6.55. The van der Waals surface area contributed by atoms with Crippen LogP contribution < -0.4 is 4.74 Å². The van der Waals surface area contributed by atoms with Gasteiger partial charge < -0.3 is 9.84 Å². The average molecular weight is 214 g/mol. The van der Waals surface area contributed by atoms with E-state index in [2.05, 4.69) is 0 Å². The summed E-state index contributed by atoms with van der Waals surface area (Å²) in [6, 6.07) is 6.33. The van der Waals surface area contributed by atoms with Gasteiger partial charge >= 0.3 is 0 Å². The Balaban J connectivity index is 2.00. The minimum atomic E-state index is -2.85. The van der Waals surface area contributed by atoms with Crippen LogP contribution in [0.25, 0.3) is 0 Å². The lowest BCUT2D eigenvalue weighted by Gasteiger charge is -2.26. The van der Waals surface area contributed by atoms with E-state index >= 15 is 0 Å². The van der Waals surface area contributed by atoms with Crippen LogP contribution in [0.2, 0.25) is 0 Å². The van der Waals surface area contributed by atoms with E-state index in [4.69, 9.17) is 9.84 Å². The molecule has 1 N–H and O–H groups in total. The highest BCUT2D eigenvalue weighted by atomic mass is 32.2. The fourth-order valence-corrected chi connectivity index (χ4v) is 2.51. The molecule has 1 fully saturated rings. The van der Waals surface area contributed by atoms with Gasteiger partial charge in [-0.05, 0) is 12.1 Å². The zero-order chi connectivity index (χ0) is 10.2. The van der Waals surface area contributed by atoms with Crippen molar-refractivity contribution in [2.45, 2.75) is 6.10 Å². The molecule has 1 saturated heterocycles. The molecule has 0 spiro atoms. The maximum absolute atomic E-state index is 10.8. The Morgan fingerprint density at radius 3 is 2.64 bits per heavy atom. The molecule has 0 atom stereocenters. The van der Waals surface area contributed by atoms with Crippen molar-refractivity contribution in [3.63, 3.8) is 0 Å². The van der Waals surface area contributed by atoms with E-state index in [0.29, 0.717) is 5.75 Å². The van der Waals surface area contributed by atoms with Gasteiger partial charge in [0.25, 0.3) is 0 Å². The van der Waals surface area contributed by atoms with Crippen LogP contribution in [0, 0.1) is 0 Å². The van der Waals surface area contributed by atoms with Crippen LogP contribution in [0.3, 0.4) is 0 Å². The van der Waals surface area contributed by atoms with E-state index in [0.717, 1.165) is 0 Å². The van der Waals surface area contributed by atoms with E-state index < -0.39 is 9.84 Å². The van der Waals surface area contributed by atoms with Crippen LogP contribution in [0.5, 0.6) is 11.5 Å². The van der Waals surface area contributed by atoms with Gasteiger partial charge in [0, 0.05) is 6.07 Å².